The Hall–Kier alpha value is -3.77. The van der Waals surface area contributed by atoms with Gasteiger partial charge in [0.1, 0.15) is 0 Å². The van der Waals surface area contributed by atoms with Gasteiger partial charge >= 0.3 is 0 Å². The Morgan fingerprint density at radius 1 is 0.828 bits per heavy atom. The van der Waals surface area contributed by atoms with Crippen molar-refractivity contribution in [3.05, 3.63) is 94.2 Å². The number of rotatable bonds is 3. The third-order valence-corrected chi connectivity index (χ3v) is 4.78. The average Bonchev–Trinajstić information content (AvgIpc) is 2.76. The normalized spacial score (nSPS) is 11.1. The van der Waals surface area contributed by atoms with Crippen molar-refractivity contribution in [2.24, 2.45) is 0 Å². The van der Waals surface area contributed by atoms with Crippen LogP contribution in [0.1, 0.15) is 0 Å². The van der Waals surface area contributed by atoms with Gasteiger partial charge in [0.15, 0.2) is 11.3 Å². The van der Waals surface area contributed by atoms with E-state index in [1.54, 1.807) is 16.6 Å². The van der Waals surface area contributed by atoms with E-state index in [-0.39, 0.29) is 11.3 Å². The Bertz CT molecular complexity index is 1400. The summed E-state index contributed by atoms with van der Waals surface area (Å²) in [7, 11) is 0. The average molecular weight is 400 g/mol. The largest absolute Gasteiger partial charge is 0.324 e. The SMILES string of the molecule is O=c1nc2c3ccccc3nc(Nc3ccc(Cl)cc3)n2nc1-c1ccccc1. The molecule has 29 heavy (non-hydrogen) atoms. The van der Waals surface area contributed by atoms with Gasteiger partial charge in [-0.2, -0.15) is 14.6 Å². The van der Waals surface area contributed by atoms with E-state index in [9.17, 15) is 4.79 Å². The highest BCUT2D eigenvalue weighted by Gasteiger charge is 2.14. The maximum atomic E-state index is 12.7. The Labute approximate surface area is 170 Å². The molecule has 0 saturated carbocycles. The number of aromatic nitrogens is 4. The van der Waals surface area contributed by atoms with E-state index in [1.807, 2.05) is 66.7 Å². The molecule has 5 aromatic rings. The fraction of sp³-hybridized carbons (Fsp3) is 0. The van der Waals surface area contributed by atoms with Crippen molar-refractivity contribution in [3.63, 3.8) is 0 Å². The highest BCUT2D eigenvalue weighted by atomic mass is 35.5. The van der Waals surface area contributed by atoms with Crippen LogP contribution in [0.15, 0.2) is 83.7 Å². The van der Waals surface area contributed by atoms with Crippen LogP contribution in [0.25, 0.3) is 27.8 Å². The second-order valence-electron chi connectivity index (χ2n) is 6.45. The minimum atomic E-state index is -0.384. The summed E-state index contributed by atoms with van der Waals surface area (Å²) in [5, 5.41) is 9.24. The molecule has 0 aliphatic carbocycles. The number of hydrogen-bond donors (Lipinski definition) is 1. The summed E-state index contributed by atoms with van der Waals surface area (Å²) in [5.74, 6) is 0.450. The molecule has 3 aromatic carbocycles. The van der Waals surface area contributed by atoms with E-state index in [1.165, 1.54) is 0 Å². The zero-order chi connectivity index (χ0) is 19.8. The fourth-order valence-electron chi connectivity index (χ4n) is 3.15. The van der Waals surface area contributed by atoms with E-state index < -0.39 is 0 Å². The molecule has 0 aliphatic heterocycles. The first-order valence-electron chi connectivity index (χ1n) is 8.97. The van der Waals surface area contributed by atoms with Crippen molar-refractivity contribution in [2.75, 3.05) is 5.32 Å². The second-order valence-corrected chi connectivity index (χ2v) is 6.89. The lowest BCUT2D eigenvalue weighted by Gasteiger charge is -2.12. The molecule has 0 fully saturated rings. The molecule has 0 radical (unpaired) electrons. The number of para-hydroxylation sites is 1. The summed E-state index contributed by atoms with van der Waals surface area (Å²) < 4.78 is 1.57. The second kappa shape index (κ2) is 7.00. The smallest absolute Gasteiger partial charge is 0.300 e. The predicted molar refractivity (Wildman–Crippen MR) is 115 cm³/mol. The molecule has 0 aliphatic rings. The minimum absolute atomic E-state index is 0.263. The number of nitrogens with one attached hydrogen (secondary N) is 1. The first kappa shape index (κ1) is 17.3. The van der Waals surface area contributed by atoms with E-state index >= 15 is 0 Å². The van der Waals surface area contributed by atoms with E-state index in [4.69, 9.17) is 16.6 Å². The molecular formula is C22H14ClN5O. The summed E-state index contributed by atoms with van der Waals surface area (Å²) >= 11 is 5.99. The zero-order valence-corrected chi connectivity index (χ0v) is 15.8. The number of benzene rings is 3. The predicted octanol–water partition coefficient (Wildman–Crippen LogP) is 4.70. The van der Waals surface area contributed by atoms with Crippen LogP contribution < -0.4 is 10.9 Å². The molecule has 2 heterocycles. The molecule has 0 atom stereocenters. The van der Waals surface area contributed by atoms with Crippen molar-refractivity contribution < 1.29 is 0 Å². The lowest BCUT2D eigenvalue weighted by molar-refractivity contribution is 0.881. The third kappa shape index (κ3) is 3.19. The molecule has 2 aromatic heterocycles. The molecule has 0 saturated heterocycles. The van der Waals surface area contributed by atoms with Crippen LogP contribution in [-0.2, 0) is 0 Å². The van der Waals surface area contributed by atoms with Crippen LogP contribution in [0.3, 0.4) is 0 Å². The standard InChI is InChI=1S/C22H14ClN5O/c23-15-10-12-16(13-11-15)24-22-25-18-9-5-4-8-17(18)20-26-21(29)19(27-28(20)22)14-6-2-1-3-7-14/h1-13H,(H,24,25). The van der Waals surface area contributed by atoms with Crippen LogP contribution in [-0.4, -0.2) is 19.6 Å². The van der Waals surface area contributed by atoms with Gasteiger partial charge in [-0.25, -0.2) is 4.98 Å². The highest BCUT2D eigenvalue weighted by Crippen LogP contribution is 2.23. The van der Waals surface area contributed by atoms with Crippen molar-refractivity contribution >= 4 is 39.8 Å². The van der Waals surface area contributed by atoms with Crippen LogP contribution >= 0.6 is 11.6 Å². The van der Waals surface area contributed by atoms with E-state index in [2.05, 4.69) is 15.4 Å². The molecular weight excluding hydrogens is 386 g/mol. The summed E-state index contributed by atoms with van der Waals surface area (Å²) in [6.07, 6.45) is 0. The maximum absolute atomic E-state index is 12.7. The molecule has 0 bridgehead atoms. The van der Waals surface area contributed by atoms with Crippen molar-refractivity contribution in [1.29, 1.82) is 0 Å². The van der Waals surface area contributed by atoms with E-state index in [0.29, 0.717) is 27.7 Å². The number of nitrogens with zero attached hydrogens (tertiary/aromatic N) is 4. The fourth-order valence-corrected chi connectivity index (χ4v) is 3.28. The lowest BCUT2D eigenvalue weighted by Crippen LogP contribution is -2.18. The highest BCUT2D eigenvalue weighted by molar-refractivity contribution is 6.30. The summed E-state index contributed by atoms with van der Waals surface area (Å²) in [5.41, 5.74) is 2.52. The molecule has 5 rings (SSSR count). The van der Waals surface area contributed by atoms with Gasteiger partial charge in [-0.05, 0) is 36.4 Å². The van der Waals surface area contributed by atoms with E-state index in [0.717, 1.165) is 11.1 Å². The van der Waals surface area contributed by atoms with Crippen molar-refractivity contribution in [2.45, 2.75) is 0 Å². The number of fused-ring (bicyclic) bond motifs is 3. The maximum Gasteiger partial charge on any atom is 0.300 e. The minimum Gasteiger partial charge on any atom is -0.324 e. The Morgan fingerprint density at radius 3 is 2.34 bits per heavy atom. The van der Waals surface area contributed by atoms with Gasteiger partial charge in [-0.3, -0.25) is 4.79 Å². The topological polar surface area (TPSA) is 72.2 Å². The van der Waals surface area contributed by atoms with Gasteiger partial charge in [0.05, 0.1) is 5.52 Å². The molecule has 140 valence electrons. The number of hydrogen-bond acceptors (Lipinski definition) is 5. The zero-order valence-electron chi connectivity index (χ0n) is 15.1. The van der Waals surface area contributed by atoms with Gasteiger partial charge < -0.3 is 5.32 Å². The molecule has 0 unspecified atom stereocenters. The number of halogens is 1. The van der Waals surface area contributed by atoms with Gasteiger partial charge in [-0.1, -0.05) is 54.1 Å². The van der Waals surface area contributed by atoms with Gasteiger partial charge in [0, 0.05) is 21.7 Å². The summed E-state index contributed by atoms with van der Waals surface area (Å²) in [4.78, 5) is 21.8. The molecule has 1 N–H and O–H groups in total. The van der Waals surface area contributed by atoms with Crippen LogP contribution in [0.5, 0.6) is 0 Å². The van der Waals surface area contributed by atoms with Gasteiger partial charge in [0.25, 0.3) is 5.56 Å². The number of anilines is 2. The Morgan fingerprint density at radius 2 is 1.55 bits per heavy atom. The molecule has 0 spiro atoms. The Kier molecular flexibility index (Phi) is 4.18. The van der Waals surface area contributed by atoms with Gasteiger partial charge in [0.2, 0.25) is 5.95 Å². The monoisotopic (exact) mass is 399 g/mol. The molecule has 0 amide bonds. The summed E-state index contributed by atoms with van der Waals surface area (Å²) in [6, 6.07) is 24.1. The lowest BCUT2D eigenvalue weighted by atomic mass is 10.2. The van der Waals surface area contributed by atoms with Crippen LogP contribution in [0.4, 0.5) is 11.6 Å². The Balaban J connectivity index is 1.79. The van der Waals surface area contributed by atoms with Crippen LogP contribution in [0, 0.1) is 0 Å². The van der Waals surface area contributed by atoms with Crippen molar-refractivity contribution in [1.82, 2.24) is 19.6 Å². The quantitative estimate of drug-likeness (QED) is 0.445. The molecule has 7 heteroatoms. The van der Waals surface area contributed by atoms with Gasteiger partial charge in [-0.15, -0.1) is 0 Å². The molecule has 6 nitrogen and oxygen atoms in total. The third-order valence-electron chi connectivity index (χ3n) is 4.53. The first-order valence-corrected chi connectivity index (χ1v) is 9.35. The van der Waals surface area contributed by atoms with Crippen LogP contribution in [0.2, 0.25) is 5.02 Å². The van der Waals surface area contributed by atoms with Crippen molar-refractivity contribution in [3.8, 4) is 11.3 Å². The summed E-state index contributed by atoms with van der Waals surface area (Å²) in [6.45, 7) is 0. The first-order chi connectivity index (χ1) is 14.2.